The number of aromatic hydroxyl groups is 1. The fraction of sp³-hybridized carbons (Fsp3) is 0.333. The normalized spacial score (nSPS) is 12.1. The van der Waals surface area contributed by atoms with Crippen LogP contribution in [0, 0.1) is 18.3 Å². The highest BCUT2D eigenvalue weighted by atomic mass is 16.3. The number of aliphatic hydroxyl groups excluding tert-OH is 1. The van der Waals surface area contributed by atoms with Crippen LogP contribution in [0.25, 0.3) is 0 Å². The van der Waals surface area contributed by atoms with Gasteiger partial charge < -0.3 is 10.2 Å². The van der Waals surface area contributed by atoms with Gasteiger partial charge in [-0.1, -0.05) is 13.0 Å². The maximum atomic E-state index is 9.33. The van der Waals surface area contributed by atoms with Gasteiger partial charge in [-0.15, -0.1) is 12.3 Å². The molecule has 1 aromatic carbocycles. The average molecular weight is 190 g/mol. The van der Waals surface area contributed by atoms with E-state index in [0.717, 1.165) is 12.0 Å². The van der Waals surface area contributed by atoms with Crippen molar-refractivity contribution in [3.05, 3.63) is 29.3 Å². The summed E-state index contributed by atoms with van der Waals surface area (Å²) in [4.78, 5) is 0. The highest BCUT2D eigenvalue weighted by molar-refractivity contribution is 5.36. The maximum absolute atomic E-state index is 9.33. The zero-order chi connectivity index (χ0) is 10.6. The summed E-state index contributed by atoms with van der Waals surface area (Å²) in [6.07, 6.45) is 6.04. The van der Waals surface area contributed by atoms with Gasteiger partial charge in [0.2, 0.25) is 0 Å². The Hall–Kier alpha value is -1.46. The topological polar surface area (TPSA) is 40.5 Å². The molecule has 0 fully saturated rings. The third kappa shape index (κ3) is 2.51. The van der Waals surface area contributed by atoms with Crippen LogP contribution in [0.2, 0.25) is 0 Å². The van der Waals surface area contributed by atoms with Crippen molar-refractivity contribution in [1.82, 2.24) is 0 Å². The first-order valence-corrected chi connectivity index (χ1v) is 4.55. The van der Waals surface area contributed by atoms with E-state index < -0.39 is 0 Å². The Morgan fingerprint density at radius 3 is 2.79 bits per heavy atom. The van der Waals surface area contributed by atoms with Gasteiger partial charge in [-0.3, -0.25) is 0 Å². The SMILES string of the molecule is C#CC(C)Cc1ccc(O)c(CO)c1. The molecule has 0 spiro atoms. The average Bonchev–Trinajstić information content (AvgIpc) is 2.20. The molecular weight excluding hydrogens is 176 g/mol. The van der Waals surface area contributed by atoms with Crippen molar-refractivity contribution in [2.24, 2.45) is 5.92 Å². The van der Waals surface area contributed by atoms with E-state index in [1.807, 2.05) is 13.0 Å². The minimum absolute atomic E-state index is 0.129. The third-order valence-electron chi connectivity index (χ3n) is 2.14. The van der Waals surface area contributed by atoms with Crippen LogP contribution < -0.4 is 0 Å². The van der Waals surface area contributed by atoms with E-state index >= 15 is 0 Å². The molecule has 0 amide bonds. The van der Waals surface area contributed by atoms with Gasteiger partial charge in [-0.2, -0.15) is 0 Å². The van der Waals surface area contributed by atoms with Gasteiger partial charge >= 0.3 is 0 Å². The molecule has 0 aliphatic carbocycles. The van der Waals surface area contributed by atoms with Gasteiger partial charge in [0.1, 0.15) is 5.75 Å². The predicted molar refractivity (Wildman–Crippen MR) is 55.7 cm³/mol. The lowest BCUT2D eigenvalue weighted by atomic mass is 10.00. The summed E-state index contributed by atoms with van der Waals surface area (Å²) in [5.74, 6) is 2.94. The molecule has 74 valence electrons. The zero-order valence-electron chi connectivity index (χ0n) is 8.20. The van der Waals surface area contributed by atoms with E-state index in [1.165, 1.54) is 0 Å². The highest BCUT2D eigenvalue weighted by Crippen LogP contribution is 2.19. The number of hydrogen-bond donors (Lipinski definition) is 2. The Morgan fingerprint density at radius 1 is 1.50 bits per heavy atom. The molecule has 1 atom stereocenters. The summed E-state index contributed by atoms with van der Waals surface area (Å²) in [6.45, 7) is 1.82. The quantitative estimate of drug-likeness (QED) is 0.712. The number of benzene rings is 1. The Morgan fingerprint density at radius 2 is 2.21 bits per heavy atom. The lowest BCUT2D eigenvalue weighted by Gasteiger charge is -2.07. The summed E-state index contributed by atoms with van der Waals surface area (Å²) in [5, 5.41) is 18.3. The molecular formula is C12H14O2. The molecule has 0 radical (unpaired) electrons. The minimum Gasteiger partial charge on any atom is -0.508 e. The van der Waals surface area contributed by atoms with E-state index in [1.54, 1.807) is 12.1 Å². The highest BCUT2D eigenvalue weighted by Gasteiger charge is 2.04. The van der Waals surface area contributed by atoms with Gasteiger partial charge in [0.15, 0.2) is 0 Å². The van der Waals surface area contributed by atoms with E-state index in [2.05, 4.69) is 5.92 Å². The molecule has 1 rings (SSSR count). The first kappa shape index (κ1) is 10.6. The molecule has 2 N–H and O–H groups in total. The van der Waals surface area contributed by atoms with Gasteiger partial charge in [-0.05, 0) is 24.1 Å². The van der Waals surface area contributed by atoms with Gasteiger partial charge in [-0.25, -0.2) is 0 Å². The summed E-state index contributed by atoms with van der Waals surface area (Å²) in [5.41, 5.74) is 1.59. The second-order valence-electron chi connectivity index (χ2n) is 3.39. The molecule has 0 aliphatic rings. The van der Waals surface area contributed by atoms with Crippen molar-refractivity contribution < 1.29 is 10.2 Å². The number of aliphatic hydroxyl groups is 1. The van der Waals surface area contributed by atoms with E-state index in [0.29, 0.717) is 5.56 Å². The first-order chi connectivity index (χ1) is 6.67. The Labute approximate surface area is 84.2 Å². The molecule has 1 aromatic rings. The minimum atomic E-state index is -0.149. The fourth-order valence-corrected chi connectivity index (χ4v) is 1.30. The maximum Gasteiger partial charge on any atom is 0.121 e. The molecule has 0 saturated carbocycles. The summed E-state index contributed by atoms with van der Waals surface area (Å²) in [7, 11) is 0. The van der Waals surface area contributed by atoms with Gasteiger partial charge in [0.05, 0.1) is 6.61 Å². The number of hydrogen-bond acceptors (Lipinski definition) is 2. The standard InChI is InChI=1S/C12H14O2/c1-3-9(2)6-10-4-5-12(14)11(7-10)8-13/h1,4-5,7,9,13-14H,6,8H2,2H3. The second kappa shape index (κ2) is 4.69. The van der Waals surface area contributed by atoms with Crippen molar-refractivity contribution in [1.29, 1.82) is 0 Å². The van der Waals surface area contributed by atoms with Gasteiger partial charge in [0.25, 0.3) is 0 Å². The monoisotopic (exact) mass is 190 g/mol. The van der Waals surface area contributed by atoms with Crippen molar-refractivity contribution in [2.75, 3.05) is 0 Å². The Kier molecular flexibility index (Phi) is 3.55. The number of terminal acetylenes is 1. The lowest BCUT2D eigenvalue weighted by molar-refractivity contribution is 0.275. The van der Waals surface area contributed by atoms with E-state index in [4.69, 9.17) is 11.5 Å². The van der Waals surface area contributed by atoms with Crippen LogP contribution in [0.1, 0.15) is 18.1 Å². The van der Waals surface area contributed by atoms with Crippen LogP contribution >= 0.6 is 0 Å². The van der Waals surface area contributed by atoms with Crippen LogP contribution in [-0.4, -0.2) is 10.2 Å². The van der Waals surface area contributed by atoms with E-state index in [-0.39, 0.29) is 18.3 Å². The molecule has 2 heteroatoms. The summed E-state index contributed by atoms with van der Waals surface area (Å²) >= 11 is 0. The smallest absolute Gasteiger partial charge is 0.121 e. The molecule has 0 aromatic heterocycles. The second-order valence-corrected chi connectivity index (χ2v) is 3.39. The van der Waals surface area contributed by atoms with E-state index in [9.17, 15) is 5.11 Å². The molecule has 0 heterocycles. The molecule has 14 heavy (non-hydrogen) atoms. The molecule has 0 aliphatic heterocycles. The Balaban J connectivity index is 2.85. The van der Waals surface area contributed by atoms with Crippen LogP contribution in [0.4, 0.5) is 0 Å². The number of rotatable bonds is 3. The van der Waals surface area contributed by atoms with Crippen LogP contribution in [0.15, 0.2) is 18.2 Å². The zero-order valence-corrected chi connectivity index (χ0v) is 8.20. The van der Waals surface area contributed by atoms with Crippen molar-refractivity contribution in [3.63, 3.8) is 0 Å². The molecule has 0 saturated heterocycles. The van der Waals surface area contributed by atoms with Crippen LogP contribution in [0.3, 0.4) is 0 Å². The fourth-order valence-electron chi connectivity index (χ4n) is 1.30. The van der Waals surface area contributed by atoms with Crippen molar-refractivity contribution in [2.45, 2.75) is 20.0 Å². The molecule has 2 nitrogen and oxygen atoms in total. The van der Waals surface area contributed by atoms with Crippen LogP contribution in [-0.2, 0) is 13.0 Å². The predicted octanol–water partition coefficient (Wildman–Crippen LogP) is 1.70. The molecule has 1 unspecified atom stereocenters. The molecule has 0 bridgehead atoms. The Bertz CT molecular complexity index is 350. The van der Waals surface area contributed by atoms with Crippen LogP contribution in [0.5, 0.6) is 5.75 Å². The third-order valence-corrected chi connectivity index (χ3v) is 2.14. The first-order valence-electron chi connectivity index (χ1n) is 4.55. The van der Waals surface area contributed by atoms with Crippen molar-refractivity contribution >= 4 is 0 Å². The summed E-state index contributed by atoms with van der Waals surface area (Å²) in [6, 6.07) is 5.19. The number of phenols is 1. The largest absolute Gasteiger partial charge is 0.508 e. The summed E-state index contributed by atoms with van der Waals surface area (Å²) < 4.78 is 0. The van der Waals surface area contributed by atoms with Crippen molar-refractivity contribution in [3.8, 4) is 18.1 Å². The van der Waals surface area contributed by atoms with Gasteiger partial charge in [0, 0.05) is 11.5 Å². The lowest BCUT2D eigenvalue weighted by Crippen LogP contribution is -1.97.